The van der Waals surface area contributed by atoms with Gasteiger partial charge in [0.25, 0.3) is 5.91 Å². The van der Waals surface area contributed by atoms with Crippen LogP contribution in [0.25, 0.3) is 0 Å². The summed E-state index contributed by atoms with van der Waals surface area (Å²) in [6.45, 7) is 2.12. The molecule has 9 heteroatoms. The third-order valence-corrected chi connectivity index (χ3v) is 6.25. The van der Waals surface area contributed by atoms with Crippen molar-refractivity contribution >= 4 is 33.8 Å². The number of carbonyl (C=O) groups excluding carboxylic acids is 2. The van der Waals surface area contributed by atoms with Gasteiger partial charge in [-0.15, -0.1) is 0 Å². The van der Waals surface area contributed by atoms with Crippen molar-refractivity contribution in [3.8, 4) is 0 Å². The number of nitrogens with one attached hydrogen (secondary N) is 1. The van der Waals surface area contributed by atoms with Crippen LogP contribution in [0.5, 0.6) is 0 Å². The van der Waals surface area contributed by atoms with Crippen LogP contribution < -0.4 is 9.73 Å². The molecule has 0 fully saturated rings. The number of nitrogens with zero attached hydrogens (tertiary/aromatic N) is 2. The molecule has 176 valence electrons. The summed E-state index contributed by atoms with van der Waals surface area (Å²) in [5, 5.41) is 3.93. The Balaban J connectivity index is 1.68. The molecular formula is C25H25N3O5S. The monoisotopic (exact) mass is 479 g/mol. The predicted molar refractivity (Wildman–Crippen MR) is 131 cm³/mol. The van der Waals surface area contributed by atoms with E-state index in [1.807, 2.05) is 31.2 Å². The average Bonchev–Trinajstić information content (AvgIpc) is 2.83. The van der Waals surface area contributed by atoms with E-state index in [-0.39, 0.29) is 6.54 Å². The molecule has 1 N–H and O–H groups in total. The number of carbonyl (C=O) groups is 2. The van der Waals surface area contributed by atoms with Crippen LogP contribution in [-0.2, 0) is 21.3 Å². The van der Waals surface area contributed by atoms with E-state index in [2.05, 4.69) is 15.3 Å². The van der Waals surface area contributed by atoms with Gasteiger partial charge in [-0.25, -0.2) is 18.6 Å². The molecule has 0 aliphatic heterocycles. The first-order chi connectivity index (χ1) is 16.2. The van der Waals surface area contributed by atoms with Gasteiger partial charge in [0.15, 0.2) is 0 Å². The molecule has 0 saturated carbocycles. The number of ether oxygens (including phenoxy) is 1. The van der Waals surface area contributed by atoms with Crippen molar-refractivity contribution in [2.24, 2.45) is 5.10 Å². The Kier molecular flexibility index (Phi) is 7.80. The topological polar surface area (TPSA) is 105 Å². The number of hydrazone groups is 1. The number of methoxy groups -OCH3 is 1. The molecule has 0 bridgehead atoms. The van der Waals surface area contributed by atoms with Gasteiger partial charge < -0.3 is 4.74 Å². The second kappa shape index (κ2) is 10.8. The third-order valence-electron chi connectivity index (χ3n) is 5.10. The molecule has 3 aromatic carbocycles. The number of hydrogen-bond acceptors (Lipinski definition) is 6. The van der Waals surface area contributed by atoms with E-state index in [1.54, 1.807) is 48.5 Å². The first-order valence-corrected chi connectivity index (χ1v) is 12.2. The maximum absolute atomic E-state index is 12.4. The molecule has 0 saturated heterocycles. The third kappa shape index (κ3) is 6.29. The average molecular weight is 480 g/mol. The molecular weight excluding hydrogens is 454 g/mol. The van der Waals surface area contributed by atoms with E-state index >= 15 is 0 Å². The van der Waals surface area contributed by atoms with Crippen LogP contribution in [0.3, 0.4) is 0 Å². The summed E-state index contributed by atoms with van der Waals surface area (Å²) in [6, 6.07) is 20.4. The van der Waals surface area contributed by atoms with Gasteiger partial charge >= 0.3 is 5.97 Å². The zero-order valence-electron chi connectivity index (χ0n) is 19.1. The van der Waals surface area contributed by atoms with Crippen molar-refractivity contribution in [2.45, 2.75) is 13.5 Å². The standard InChI is InChI=1S/C25H25N3O5S/c1-18-6-4-5-7-22(18)17-28(34(3,31)32)23-14-12-20(13-15-23)24(29)27-26-16-19-8-10-21(11-9-19)25(30)33-2/h4-16H,17H2,1-3H3,(H,27,29)/b26-16-. The Morgan fingerprint density at radius 1 is 0.971 bits per heavy atom. The number of hydrogen-bond donors (Lipinski definition) is 1. The van der Waals surface area contributed by atoms with Crippen LogP contribution in [-0.4, -0.2) is 39.9 Å². The Labute approximate surface area is 198 Å². The predicted octanol–water partition coefficient (Wildman–Crippen LogP) is 3.51. The van der Waals surface area contributed by atoms with Crippen molar-refractivity contribution in [3.05, 3.63) is 101 Å². The highest BCUT2D eigenvalue weighted by atomic mass is 32.2. The van der Waals surface area contributed by atoms with Crippen molar-refractivity contribution < 1.29 is 22.7 Å². The molecule has 0 radical (unpaired) electrons. The lowest BCUT2D eigenvalue weighted by Crippen LogP contribution is -2.29. The Morgan fingerprint density at radius 2 is 1.59 bits per heavy atom. The number of benzene rings is 3. The zero-order chi connectivity index (χ0) is 24.7. The molecule has 0 spiro atoms. The molecule has 0 heterocycles. The van der Waals surface area contributed by atoms with Crippen LogP contribution in [0, 0.1) is 6.92 Å². The highest BCUT2D eigenvalue weighted by Crippen LogP contribution is 2.22. The number of rotatable bonds is 8. The fourth-order valence-electron chi connectivity index (χ4n) is 3.17. The molecule has 34 heavy (non-hydrogen) atoms. The van der Waals surface area contributed by atoms with Crippen LogP contribution in [0.2, 0.25) is 0 Å². The number of esters is 1. The SMILES string of the molecule is COC(=O)c1ccc(/C=N\NC(=O)c2ccc(N(Cc3ccccc3C)S(C)(=O)=O)cc2)cc1. The minimum Gasteiger partial charge on any atom is -0.465 e. The van der Waals surface area contributed by atoms with Gasteiger partial charge in [0.2, 0.25) is 10.0 Å². The Bertz CT molecular complexity index is 1300. The summed E-state index contributed by atoms with van der Waals surface area (Å²) in [7, 11) is -2.23. The molecule has 0 aliphatic carbocycles. The summed E-state index contributed by atoms with van der Waals surface area (Å²) in [5.41, 5.74) is 6.19. The highest BCUT2D eigenvalue weighted by Gasteiger charge is 2.19. The minimum atomic E-state index is -3.54. The molecule has 0 unspecified atom stereocenters. The molecule has 3 aromatic rings. The fraction of sp³-hybridized carbons (Fsp3) is 0.160. The molecule has 1 amide bonds. The van der Waals surface area contributed by atoms with Crippen molar-refractivity contribution in [1.82, 2.24) is 5.43 Å². The van der Waals surface area contributed by atoms with Crippen molar-refractivity contribution in [3.63, 3.8) is 0 Å². The Hall–Kier alpha value is -3.98. The quantitative estimate of drug-likeness (QED) is 0.302. The van der Waals surface area contributed by atoms with Crippen LogP contribution >= 0.6 is 0 Å². The van der Waals surface area contributed by atoms with Crippen LogP contribution in [0.4, 0.5) is 5.69 Å². The van der Waals surface area contributed by atoms with Gasteiger partial charge in [0, 0.05) is 5.56 Å². The molecule has 0 atom stereocenters. The second-order valence-corrected chi connectivity index (χ2v) is 9.46. The first-order valence-electron chi connectivity index (χ1n) is 10.3. The largest absolute Gasteiger partial charge is 0.465 e. The van der Waals surface area contributed by atoms with Crippen LogP contribution in [0.15, 0.2) is 77.9 Å². The van der Waals surface area contributed by atoms with E-state index in [0.29, 0.717) is 22.4 Å². The smallest absolute Gasteiger partial charge is 0.337 e. The number of aryl methyl sites for hydroxylation is 1. The second-order valence-electron chi connectivity index (χ2n) is 7.56. The van der Waals surface area contributed by atoms with E-state index in [4.69, 9.17) is 0 Å². The van der Waals surface area contributed by atoms with E-state index < -0.39 is 21.9 Å². The lowest BCUT2D eigenvalue weighted by atomic mass is 10.1. The molecule has 3 rings (SSSR count). The van der Waals surface area contributed by atoms with Gasteiger partial charge in [0.05, 0.1) is 37.4 Å². The van der Waals surface area contributed by atoms with Crippen molar-refractivity contribution in [1.29, 1.82) is 0 Å². The Morgan fingerprint density at radius 3 is 2.18 bits per heavy atom. The number of anilines is 1. The van der Waals surface area contributed by atoms with E-state index in [1.165, 1.54) is 17.6 Å². The first kappa shape index (κ1) is 24.7. The summed E-state index contributed by atoms with van der Waals surface area (Å²) in [6.07, 6.45) is 2.60. The number of amides is 1. The van der Waals surface area contributed by atoms with Gasteiger partial charge in [-0.2, -0.15) is 5.10 Å². The normalized spacial score (nSPS) is 11.3. The lowest BCUT2D eigenvalue weighted by molar-refractivity contribution is 0.0600. The van der Waals surface area contributed by atoms with Crippen LogP contribution in [0.1, 0.15) is 37.4 Å². The minimum absolute atomic E-state index is 0.191. The lowest BCUT2D eigenvalue weighted by Gasteiger charge is -2.23. The summed E-state index contributed by atoms with van der Waals surface area (Å²) < 4.78 is 30.8. The van der Waals surface area contributed by atoms with E-state index in [0.717, 1.165) is 17.4 Å². The van der Waals surface area contributed by atoms with Gasteiger partial charge in [-0.3, -0.25) is 9.10 Å². The van der Waals surface area contributed by atoms with Gasteiger partial charge in [-0.05, 0) is 60.0 Å². The van der Waals surface area contributed by atoms with Gasteiger partial charge in [0.1, 0.15) is 0 Å². The molecule has 8 nitrogen and oxygen atoms in total. The summed E-state index contributed by atoms with van der Waals surface area (Å²) in [4.78, 5) is 23.9. The molecule has 0 aromatic heterocycles. The zero-order valence-corrected chi connectivity index (χ0v) is 19.9. The van der Waals surface area contributed by atoms with Crippen molar-refractivity contribution in [2.75, 3.05) is 17.7 Å². The summed E-state index contributed by atoms with van der Waals surface area (Å²) >= 11 is 0. The maximum Gasteiger partial charge on any atom is 0.337 e. The highest BCUT2D eigenvalue weighted by molar-refractivity contribution is 7.92. The molecule has 0 aliphatic rings. The fourth-order valence-corrected chi connectivity index (χ4v) is 4.05. The number of sulfonamides is 1. The van der Waals surface area contributed by atoms with Gasteiger partial charge in [-0.1, -0.05) is 36.4 Å². The van der Waals surface area contributed by atoms with E-state index in [9.17, 15) is 18.0 Å². The summed E-state index contributed by atoms with van der Waals surface area (Å²) in [5.74, 6) is -0.882. The maximum atomic E-state index is 12.4.